The summed E-state index contributed by atoms with van der Waals surface area (Å²) in [5.74, 6) is 0. The van der Waals surface area contributed by atoms with Crippen molar-refractivity contribution < 1.29 is 4.92 Å². The van der Waals surface area contributed by atoms with E-state index < -0.39 is 4.92 Å². The summed E-state index contributed by atoms with van der Waals surface area (Å²) in [6.07, 6.45) is 0. The fourth-order valence-corrected chi connectivity index (χ4v) is 2.48. The molecule has 0 aliphatic carbocycles. The Balaban J connectivity index is 2.97. The fourth-order valence-electron chi connectivity index (χ4n) is 0.856. The molecule has 0 atom stereocenters. The molecule has 1 aromatic rings. The first-order valence-electron chi connectivity index (χ1n) is 3.95. The molecule has 1 aromatic heterocycles. The predicted octanol–water partition coefficient (Wildman–Crippen LogP) is 1.98. The van der Waals surface area contributed by atoms with Crippen LogP contribution in [0.2, 0.25) is 0 Å². The third-order valence-electron chi connectivity index (χ3n) is 1.52. The quantitative estimate of drug-likeness (QED) is 0.384. The number of nitrogens with two attached hydrogens (primary N) is 1. The Morgan fingerprint density at radius 2 is 2.44 bits per heavy atom. The van der Waals surface area contributed by atoms with E-state index >= 15 is 0 Å². The second-order valence-electron chi connectivity index (χ2n) is 2.69. The lowest BCUT2D eigenvalue weighted by Crippen LogP contribution is -2.25. The smallest absolute Gasteiger partial charge is 0.338 e. The number of hydrazone groups is 1. The van der Waals surface area contributed by atoms with Crippen LogP contribution in [0.1, 0.15) is 11.8 Å². The number of nitrogens with zero attached hydrogens (tertiary/aromatic N) is 2. The number of thiophene rings is 1. The van der Waals surface area contributed by atoms with E-state index in [1.54, 1.807) is 13.0 Å². The monoisotopic (exact) mass is 322 g/mol. The van der Waals surface area contributed by atoms with Crippen molar-refractivity contribution in [2.24, 2.45) is 10.8 Å². The van der Waals surface area contributed by atoms with Gasteiger partial charge in [-0.3, -0.25) is 15.5 Å². The summed E-state index contributed by atoms with van der Waals surface area (Å²) in [5, 5.41) is 14.6. The molecule has 0 saturated heterocycles. The fraction of sp³-hybridized carbons (Fsp3) is 0.143. The van der Waals surface area contributed by atoms with E-state index in [1.807, 2.05) is 0 Å². The van der Waals surface area contributed by atoms with Gasteiger partial charge in [0.25, 0.3) is 0 Å². The first kappa shape index (κ1) is 13.0. The third kappa shape index (κ3) is 3.22. The van der Waals surface area contributed by atoms with Gasteiger partial charge in [0.2, 0.25) is 0 Å². The largest absolute Gasteiger partial charge is 0.375 e. The van der Waals surface area contributed by atoms with Gasteiger partial charge >= 0.3 is 5.00 Å². The molecule has 0 spiro atoms. The molecule has 0 aliphatic heterocycles. The molecule has 0 bridgehead atoms. The van der Waals surface area contributed by atoms with E-state index in [0.717, 1.165) is 11.3 Å². The Morgan fingerprint density at radius 3 is 2.88 bits per heavy atom. The average molecular weight is 323 g/mol. The van der Waals surface area contributed by atoms with Crippen molar-refractivity contribution in [1.82, 2.24) is 5.43 Å². The Hall–Kier alpha value is -1.06. The lowest BCUT2D eigenvalue weighted by atomic mass is 10.3. The predicted molar refractivity (Wildman–Crippen MR) is 70.8 cm³/mol. The lowest BCUT2D eigenvalue weighted by Gasteiger charge is -1.97. The molecule has 0 fully saturated rings. The van der Waals surface area contributed by atoms with Gasteiger partial charge in [-0.05, 0) is 41.1 Å². The molecule has 1 rings (SSSR count). The molecular formula is C7H7BrN4O2S2. The number of nitrogens with one attached hydrogen (secondary N) is 1. The van der Waals surface area contributed by atoms with Crippen LogP contribution in [0.25, 0.3) is 0 Å². The second-order valence-corrected chi connectivity index (χ2v) is 5.02. The van der Waals surface area contributed by atoms with Crippen LogP contribution in [0.4, 0.5) is 5.00 Å². The van der Waals surface area contributed by atoms with Crippen molar-refractivity contribution in [2.75, 3.05) is 0 Å². The zero-order valence-electron chi connectivity index (χ0n) is 8.06. The summed E-state index contributed by atoms with van der Waals surface area (Å²) in [7, 11) is 0. The number of rotatable bonds is 3. The van der Waals surface area contributed by atoms with E-state index in [2.05, 4.69) is 38.7 Å². The van der Waals surface area contributed by atoms with Gasteiger partial charge in [-0.25, -0.2) is 0 Å². The molecule has 0 aromatic carbocycles. The second kappa shape index (κ2) is 5.32. The topological polar surface area (TPSA) is 93.5 Å². The van der Waals surface area contributed by atoms with Crippen molar-refractivity contribution in [3.63, 3.8) is 0 Å². The SMILES string of the molecule is CC(=NNC(N)=S)c1cc(Br)c([N+](=O)[O-])s1. The molecule has 0 unspecified atom stereocenters. The Kier molecular flexibility index (Phi) is 4.33. The molecule has 0 saturated carbocycles. The highest BCUT2D eigenvalue weighted by Gasteiger charge is 2.18. The summed E-state index contributed by atoms with van der Waals surface area (Å²) in [4.78, 5) is 10.8. The van der Waals surface area contributed by atoms with E-state index in [1.165, 1.54) is 0 Å². The van der Waals surface area contributed by atoms with Crippen molar-refractivity contribution >= 4 is 55.3 Å². The van der Waals surface area contributed by atoms with Gasteiger partial charge in [0.1, 0.15) is 4.47 Å². The maximum Gasteiger partial charge on any atom is 0.338 e. The summed E-state index contributed by atoms with van der Waals surface area (Å²) in [6.45, 7) is 1.70. The third-order valence-corrected chi connectivity index (χ3v) is 3.68. The number of halogens is 1. The Morgan fingerprint density at radius 1 is 1.81 bits per heavy atom. The summed E-state index contributed by atoms with van der Waals surface area (Å²) < 4.78 is 0.433. The highest BCUT2D eigenvalue weighted by atomic mass is 79.9. The van der Waals surface area contributed by atoms with Gasteiger partial charge in [-0.15, -0.1) is 0 Å². The molecular weight excluding hydrogens is 316 g/mol. The molecule has 6 nitrogen and oxygen atoms in total. The minimum Gasteiger partial charge on any atom is -0.375 e. The molecule has 0 amide bonds. The number of hydrogen-bond donors (Lipinski definition) is 2. The van der Waals surface area contributed by atoms with Gasteiger partial charge in [0.15, 0.2) is 5.11 Å². The van der Waals surface area contributed by atoms with Crippen LogP contribution in [-0.4, -0.2) is 15.7 Å². The molecule has 1 heterocycles. The number of nitro groups is 1. The minimum atomic E-state index is -0.452. The molecule has 9 heteroatoms. The highest BCUT2D eigenvalue weighted by molar-refractivity contribution is 9.10. The van der Waals surface area contributed by atoms with E-state index in [4.69, 9.17) is 5.73 Å². The summed E-state index contributed by atoms with van der Waals surface area (Å²) in [6, 6.07) is 1.63. The maximum atomic E-state index is 10.6. The van der Waals surface area contributed by atoms with Gasteiger partial charge < -0.3 is 5.73 Å². The molecule has 16 heavy (non-hydrogen) atoms. The zero-order chi connectivity index (χ0) is 12.3. The van der Waals surface area contributed by atoms with Crippen LogP contribution in [0.5, 0.6) is 0 Å². The molecule has 86 valence electrons. The van der Waals surface area contributed by atoms with E-state index in [-0.39, 0.29) is 10.1 Å². The molecule has 3 N–H and O–H groups in total. The molecule has 0 aliphatic rings. The van der Waals surface area contributed by atoms with Gasteiger partial charge in [0, 0.05) is 0 Å². The molecule has 0 radical (unpaired) electrons. The van der Waals surface area contributed by atoms with E-state index in [0.29, 0.717) is 15.1 Å². The maximum absolute atomic E-state index is 10.6. The van der Waals surface area contributed by atoms with Crippen LogP contribution in [0, 0.1) is 10.1 Å². The first-order chi connectivity index (χ1) is 7.41. The average Bonchev–Trinajstić information content (AvgIpc) is 2.56. The van der Waals surface area contributed by atoms with Crippen LogP contribution in [0.15, 0.2) is 15.6 Å². The first-order valence-corrected chi connectivity index (χ1v) is 5.97. The van der Waals surface area contributed by atoms with Gasteiger partial charge in [-0.2, -0.15) is 5.10 Å². The van der Waals surface area contributed by atoms with Crippen molar-refractivity contribution in [2.45, 2.75) is 6.92 Å². The van der Waals surface area contributed by atoms with Crippen molar-refractivity contribution in [3.8, 4) is 0 Å². The van der Waals surface area contributed by atoms with Crippen molar-refractivity contribution in [1.29, 1.82) is 0 Å². The van der Waals surface area contributed by atoms with Gasteiger partial charge in [0.05, 0.1) is 15.5 Å². The normalized spacial score (nSPS) is 11.2. The lowest BCUT2D eigenvalue weighted by molar-refractivity contribution is -0.380. The Bertz CT molecular complexity index is 471. The number of thiocarbonyl (C=S) groups is 1. The minimum absolute atomic E-state index is 0.0416. The summed E-state index contributed by atoms with van der Waals surface area (Å²) in [5.41, 5.74) is 8.20. The zero-order valence-corrected chi connectivity index (χ0v) is 11.3. The van der Waals surface area contributed by atoms with Crippen LogP contribution in [0.3, 0.4) is 0 Å². The summed E-state index contributed by atoms with van der Waals surface area (Å²) >= 11 is 8.72. The Labute approximate surface area is 109 Å². The highest BCUT2D eigenvalue weighted by Crippen LogP contribution is 2.34. The van der Waals surface area contributed by atoms with Crippen LogP contribution >= 0.6 is 39.5 Å². The van der Waals surface area contributed by atoms with Crippen molar-refractivity contribution in [3.05, 3.63) is 25.5 Å². The van der Waals surface area contributed by atoms with Crippen LogP contribution < -0.4 is 11.2 Å². The van der Waals surface area contributed by atoms with Gasteiger partial charge in [-0.1, -0.05) is 11.3 Å². The number of hydrogen-bond acceptors (Lipinski definition) is 5. The van der Waals surface area contributed by atoms with E-state index in [9.17, 15) is 10.1 Å². The standard InChI is InChI=1S/C7H7BrN4O2S2/c1-3(10-11-7(9)15)5-2-4(8)6(16-5)12(13)14/h2H,1H3,(H3,9,11,15). The van der Waals surface area contributed by atoms with Crippen LogP contribution in [-0.2, 0) is 0 Å².